The molecule has 5 heteroatoms. The van der Waals surface area contributed by atoms with Crippen molar-refractivity contribution in [1.29, 1.82) is 0 Å². The first-order chi connectivity index (χ1) is 8.13. The monoisotopic (exact) mass is 250 g/mol. The van der Waals surface area contributed by atoms with Crippen LogP contribution in [0.15, 0.2) is 24.5 Å². The Hall–Kier alpha value is -1.55. The van der Waals surface area contributed by atoms with Crippen molar-refractivity contribution >= 4 is 17.3 Å². The zero-order valence-corrected chi connectivity index (χ0v) is 10.9. The first-order valence-corrected chi connectivity index (χ1v) is 5.90. The van der Waals surface area contributed by atoms with Crippen LogP contribution >= 0.6 is 11.6 Å². The minimum Gasteiger partial charge on any atom is -0.377 e. The van der Waals surface area contributed by atoms with Crippen LogP contribution in [0.3, 0.4) is 0 Å². The molecule has 0 spiro atoms. The second-order valence-corrected chi connectivity index (χ2v) is 4.38. The second kappa shape index (κ2) is 4.75. The molecule has 0 amide bonds. The number of rotatable bonds is 3. The Labute approximate surface area is 106 Å². The predicted octanol–water partition coefficient (Wildman–Crippen LogP) is 2.38. The van der Waals surface area contributed by atoms with Crippen LogP contribution in [0.2, 0.25) is 0 Å². The molecule has 1 aromatic carbocycles. The first-order valence-electron chi connectivity index (χ1n) is 5.36. The van der Waals surface area contributed by atoms with Crippen LogP contribution in [-0.2, 0) is 5.88 Å². The summed E-state index contributed by atoms with van der Waals surface area (Å²) in [6, 6.07) is 6.24. The molecule has 1 heterocycles. The van der Waals surface area contributed by atoms with Gasteiger partial charge in [0.05, 0.1) is 11.6 Å². The van der Waals surface area contributed by atoms with Gasteiger partial charge in [0.1, 0.15) is 6.33 Å². The van der Waals surface area contributed by atoms with E-state index in [0.717, 1.165) is 11.5 Å². The van der Waals surface area contributed by atoms with Gasteiger partial charge in [0.25, 0.3) is 0 Å². The van der Waals surface area contributed by atoms with E-state index in [0.29, 0.717) is 5.88 Å². The van der Waals surface area contributed by atoms with Gasteiger partial charge in [-0.2, -0.15) is 0 Å². The average Bonchev–Trinajstić information content (AvgIpc) is 2.77. The number of aryl methyl sites for hydroxylation is 1. The zero-order valence-electron chi connectivity index (χ0n) is 10.2. The number of benzene rings is 1. The minimum atomic E-state index is 0.352. The van der Waals surface area contributed by atoms with Crippen molar-refractivity contribution in [2.75, 3.05) is 19.0 Å². The number of hydrogen-bond donors (Lipinski definition) is 0. The van der Waals surface area contributed by atoms with Gasteiger partial charge in [-0.25, -0.2) is 0 Å². The van der Waals surface area contributed by atoms with Crippen molar-refractivity contribution in [3.8, 4) is 5.69 Å². The number of alkyl halides is 1. The summed E-state index contributed by atoms with van der Waals surface area (Å²) in [4.78, 5) is 2.09. The summed E-state index contributed by atoms with van der Waals surface area (Å²) in [7, 11) is 4.06. The van der Waals surface area contributed by atoms with Gasteiger partial charge in [-0.15, -0.1) is 21.8 Å². The highest BCUT2D eigenvalue weighted by Crippen LogP contribution is 2.22. The van der Waals surface area contributed by atoms with E-state index in [1.54, 1.807) is 6.33 Å². The van der Waals surface area contributed by atoms with Crippen LogP contribution in [0.25, 0.3) is 5.69 Å². The largest absolute Gasteiger partial charge is 0.377 e. The Bertz CT molecular complexity index is 519. The lowest BCUT2D eigenvalue weighted by Crippen LogP contribution is -2.11. The Kier molecular flexibility index (Phi) is 3.33. The lowest BCUT2D eigenvalue weighted by atomic mass is 10.1. The summed E-state index contributed by atoms with van der Waals surface area (Å²) in [5.41, 5.74) is 3.44. The highest BCUT2D eigenvalue weighted by Gasteiger charge is 2.08. The molecule has 2 rings (SSSR count). The van der Waals surface area contributed by atoms with Crippen LogP contribution in [0, 0.1) is 6.92 Å². The normalized spacial score (nSPS) is 10.6. The van der Waals surface area contributed by atoms with Gasteiger partial charge < -0.3 is 4.90 Å². The van der Waals surface area contributed by atoms with Crippen molar-refractivity contribution in [3.63, 3.8) is 0 Å². The molecule has 1 aromatic heterocycles. The van der Waals surface area contributed by atoms with Crippen molar-refractivity contribution in [1.82, 2.24) is 14.8 Å². The quantitative estimate of drug-likeness (QED) is 0.785. The third-order valence-corrected chi connectivity index (χ3v) is 2.93. The van der Waals surface area contributed by atoms with Crippen LogP contribution in [0.1, 0.15) is 11.4 Å². The third-order valence-electron chi connectivity index (χ3n) is 2.69. The summed E-state index contributed by atoms with van der Waals surface area (Å²) in [5.74, 6) is 1.10. The topological polar surface area (TPSA) is 34.0 Å². The first kappa shape index (κ1) is 11.9. The van der Waals surface area contributed by atoms with E-state index >= 15 is 0 Å². The fourth-order valence-electron chi connectivity index (χ4n) is 1.80. The van der Waals surface area contributed by atoms with E-state index in [-0.39, 0.29) is 0 Å². The lowest BCUT2D eigenvalue weighted by Gasteiger charge is -2.17. The maximum atomic E-state index is 5.82. The molecule has 0 aliphatic rings. The number of anilines is 1. The van der Waals surface area contributed by atoms with Gasteiger partial charge in [0.2, 0.25) is 0 Å². The molecule has 0 atom stereocenters. The van der Waals surface area contributed by atoms with E-state index in [2.05, 4.69) is 34.2 Å². The summed E-state index contributed by atoms with van der Waals surface area (Å²) in [6.07, 6.45) is 1.68. The van der Waals surface area contributed by atoms with E-state index < -0.39 is 0 Å². The molecule has 0 saturated carbocycles. The van der Waals surface area contributed by atoms with Crippen molar-refractivity contribution in [2.45, 2.75) is 12.8 Å². The van der Waals surface area contributed by atoms with Gasteiger partial charge in [-0.1, -0.05) is 6.07 Å². The molecule has 17 heavy (non-hydrogen) atoms. The summed E-state index contributed by atoms with van der Waals surface area (Å²) < 4.78 is 1.90. The summed E-state index contributed by atoms with van der Waals surface area (Å²) >= 11 is 5.82. The van der Waals surface area contributed by atoms with Gasteiger partial charge in [0.15, 0.2) is 5.82 Å². The maximum absolute atomic E-state index is 5.82. The molecule has 90 valence electrons. The van der Waals surface area contributed by atoms with Crippen molar-refractivity contribution in [3.05, 3.63) is 35.9 Å². The van der Waals surface area contributed by atoms with Gasteiger partial charge in [0, 0.05) is 19.8 Å². The minimum absolute atomic E-state index is 0.352. The molecule has 0 N–H and O–H groups in total. The van der Waals surface area contributed by atoms with Crippen molar-refractivity contribution < 1.29 is 0 Å². The molecule has 0 aliphatic carbocycles. The average molecular weight is 251 g/mol. The second-order valence-electron chi connectivity index (χ2n) is 4.12. The summed E-state index contributed by atoms with van der Waals surface area (Å²) in [6.45, 7) is 2.09. The smallest absolute Gasteiger partial charge is 0.152 e. The number of hydrogen-bond acceptors (Lipinski definition) is 3. The van der Waals surface area contributed by atoms with Crippen LogP contribution in [-0.4, -0.2) is 28.9 Å². The maximum Gasteiger partial charge on any atom is 0.152 e. The highest BCUT2D eigenvalue weighted by molar-refractivity contribution is 6.16. The molecular formula is C12H15ClN4. The van der Waals surface area contributed by atoms with E-state index in [1.807, 2.05) is 24.7 Å². The molecule has 0 aliphatic heterocycles. The molecule has 0 fully saturated rings. The van der Waals surface area contributed by atoms with Gasteiger partial charge in [-0.3, -0.25) is 4.57 Å². The Balaban J connectivity index is 2.50. The lowest BCUT2D eigenvalue weighted by molar-refractivity contribution is 0.948. The zero-order chi connectivity index (χ0) is 12.4. The van der Waals surface area contributed by atoms with E-state index in [4.69, 9.17) is 11.6 Å². The molecule has 0 radical (unpaired) electrons. The van der Waals surface area contributed by atoms with Crippen LogP contribution in [0.5, 0.6) is 0 Å². The van der Waals surface area contributed by atoms with Crippen LogP contribution in [0.4, 0.5) is 5.69 Å². The van der Waals surface area contributed by atoms with E-state index in [9.17, 15) is 0 Å². The molecule has 0 unspecified atom stereocenters. The number of halogens is 1. The van der Waals surface area contributed by atoms with Crippen LogP contribution < -0.4 is 4.90 Å². The fraction of sp³-hybridized carbons (Fsp3) is 0.333. The SMILES string of the molecule is Cc1ccc(-n2cnnc2CCl)cc1N(C)C. The summed E-state index contributed by atoms with van der Waals surface area (Å²) in [5, 5.41) is 7.86. The molecule has 2 aromatic rings. The molecular weight excluding hydrogens is 236 g/mol. The van der Waals surface area contributed by atoms with Gasteiger partial charge in [-0.05, 0) is 24.6 Å². The Morgan fingerprint density at radius 3 is 2.76 bits per heavy atom. The number of nitrogens with zero attached hydrogens (tertiary/aromatic N) is 4. The number of aromatic nitrogens is 3. The molecule has 4 nitrogen and oxygen atoms in total. The van der Waals surface area contributed by atoms with Gasteiger partial charge >= 0.3 is 0 Å². The van der Waals surface area contributed by atoms with E-state index in [1.165, 1.54) is 11.3 Å². The standard InChI is InChI=1S/C12H15ClN4/c1-9-4-5-10(6-11(9)16(2)3)17-8-14-15-12(17)7-13/h4-6,8H,7H2,1-3H3. The Morgan fingerprint density at radius 2 is 2.12 bits per heavy atom. The predicted molar refractivity (Wildman–Crippen MR) is 70.0 cm³/mol. The fourth-order valence-corrected chi connectivity index (χ4v) is 1.98. The third kappa shape index (κ3) is 2.26. The highest BCUT2D eigenvalue weighted by atomic mass is 35.5. The Morgan fingerprint density at radius 1 is 1.35 bits per heavy atom. The molecule has 0 bridgehead atoms. The van der Waals surface area contributed by atoms with Crippen molar-refractivity contribution in [2.24, 2.45) is 0 Å². The molecule has 0 saturated heterocycles.